The monoisotopic (exact) mass is 355 g/mol. The Morgan fingerprint density at radius 1 is 1.42 bits per heavy atom. The third-order valence-electron chi connectivity index (χ3n) is 4.07. The SMILES string of the molecule is NCC1CCN(C(=O)c2csc(-c3cccc(C(F)(F)F)c3)n2)C1. The minimum absolute atomic E-state index is 0.194. The molecular weight excluding hydrogens is 339 g/mol. The fourth-order valence-electron chi connectivity index (χ4n) is 2.70. The second kappa shape index (κ2) is 6.52. The number of likely N-dealkylation sites (tertiary alicyclic amines) is 1. The number of thiazole rings is 1. The number of alkyl halides is 3. The van der Waals surface area contributed by atoms with Crippen LogP contribution in [0.4, 0.5) is 13.2 Å². The average molecular weight is 355 g/mol. The number of hydrogen-bond donors (Lipinski definition) is 1. The molecule has 2 aromatic rings. The summed E-state index contributed by atoms with van der Waals surface area (Å²) < 4.78 is 38.4. The van der Waals surface area contributed by atoms with Crippen LogP contribution >= 0.6 is 11.3 Å². The van der Waals surface area contributed by atoms with Crippen molar-refractivity contribution in [3.8, 4) is 10.6 Å². The Morgan fingerprint density at radius 3 is 2.88 bits per heavy atom. The molecule has 0 saturated carbocycles. The molecule has 1 unspecified atom stereocenters. The quantitative estimate of drug-likeness (QED) is 0.919. The van der Waals surface area contributed by atoms with Gasteiger partial charge in [-0.25, -0.2) is 4.98 Å². The van der Waals surface area contributed by atoms with Gasteiger partial charge in [0.15, 0.2) is 0 Å². The van der Waals surface area contributed by atoms with Crippen LogP contribution in [0.3, 0.4) is 0 Å². The summed E-state index contributed by atoms with van der Waals surface area (Å²) in [4.78, 5) is 18.4. The number of amides is 1. The molecule has 0 spiro atoms. The first-order chi connectivity index (χ1) is 11.4. The van der Waals surface area contributed by atoms with E-state index in [0.717, 1.165) is 29.9 Å². The Bertz CT molecular complexity index is 744. The van der Waals surface area contributed by atoms with Crippen molar-refractivity contribution in [1.82, 2.24) is 9.88 Å². The Labute approximate surface area is 141 Å². The molecule has 1 aliphatic rings. The lowest BCUT2D eigenvalue weighted by molar-refractivity contribution is -0.137. The lowest BCUT2D eigenvalue weighted by Crippen LogP contribution is -2.30. The van der Waals surface area contributed by atoms with Crippen LogP contribution in [-0.4, -0.2) is 35.4 Å². The summed E-state index contributed by atoms with van der Waals surface area (Å²) >= 11 is 1.16. The highest BCUT2D eigenvalue weighted by Crippen LogP contribution is 2.33. The Balaban J connectivity index is 1.80. The van der Waals surface area contributed by atoms with E-state index in [9.17, 15) is 18.0 Å². The molecule has 3 rings (SSSR count). The zero-order valence-corrected chi connectivity index (χ0v) is 13.5. The molecule has 24 heavy (non-hydrogen) atoms. The van der Waals surface area contributed by atoms with Crippen molar-refractivity contribution in [3.05, 3.63) is 40.9 Å². The summed E-state index contributed by atoms with van der Waals surface area (Å²) in [5.41, 5.74) is 5.52. The van der Waals surface area contributed by atoms with Gasteiger partial charge in [-0.1, -0.05) is 12.1 Å². The zero-order chi connectivity index (χ0) is 17.3. The first kappa shape index (κ1) is 16.9. The fraction of sp³-hybridized carbons (Fsp3) is 0.375. The van der Waals surface area contributed by atoms with Crippen molar-refractivity contribution >= 4 is 17.2 Å². The molecule has 1 aliphatic heterocycles. The van der Waals surface area contributed by atoms with Gasteiger partial charge in [-0.15, -0.1) is 11.3 Å². The van der Waals surface area contributed by atoms with Crippen LogP contribution in [0, 0.1) is 5.92 Å². The smallest absolute Gasteiger partial charge is 0.337 e. The number of carbonyl (C=O) groups excluding carboxylic acids is 1. The number of aromatic nitrogens is 1. The molecule has 1 saturated heterocycles. The molecule has 0 bridgehead atoms. The van der Waals surface area contributed by atoms with Crippen molar-refractivity contribution < 1.29 is 18.0 Å². The second-order valence-electron chi connectivity index (χ2n) is 5.76. The largest absolute Gasteiger partial charge is 0.416 e. The van der Waals surface area contributed by atoms with Gasteiger partial charge in [0.2, 0.25) is 0 Å². The van der Waals surface area contributed by atoms with E-state index in [1.807, 2.05) is 0 Å². The maximum Gasteiger partial charge on any atom is 0.416 e. The summed E-state index contributed by atoms with van der Waals surface area (Å²) in [6, 6.07) is 4.96. The highest BCUT2D eigenvalue weighted by molar-refractivity contribution is 7.13. The molecular formula is C16H16F3N3OS. The Kier molecular flexibility index (Phi) is 4.60. The summed E-state index contributed by atoms with van der Waals surface area (Å²) in [7, 11) is 0. The van der Waals surface area contributed by atoms with Gasteiger partial charge in [-0.3, -0.25) is 4.79 Å². The van der Waals surface area contributed by atoms with Crippen LogP contribution in [0.15, 0.2) is 29.6 Å². The van der Waals surface area contributed by atoms with Crippen LogP contribution in [0.5, 0.6) is 0 Å². The molecule has 128 valence electrons. The van der Waals surface area contributed by atoms with Crippen molar-refractivity contribution in [2.75, 3.05) is 19.6 Å². The molecule has 1 amide bonds. The van der Waals surface area contributed by atoms with Gasteiger partial charge in [-0.05, 0) is 31.0 Å². The lowest BCUT2D eigenvalue weighted by atomic mass is 10.1. The zero-order valence-electron chi connectivity index (χ0n) is 12.7. The molecule has 1 atom stereocenters. The van der Waals surface area contributed by atoms with Crippen molar-refractivity contribution in [2.24, 2.45) is 11.7 Å². The number of rotatable bonds is 3. The summed E-state index contributed by atoms with van der Waals surface area (Å²) in [5.74, 6) is 0.107. The maximum atomic E-state index is 12.8. The molecule has 0 aliphatic carbocycles. The van der Waals surface area contributed by atoms with Crippen molar-refractivity contribution in [2.45, 2.75) is 12.6 Å². The van der Waals surface area contributed by atoms with Gasteiger partial charge in [0, 0.05) is 24.0 Å². The fourth-order valence-corrected chi connectivity index (χ4v) is 3.50. The van der Waals surface area contributed by atoms with E-state index in [4.69, 9.17) is 5.73 Å². The van der Waals surface area contributed by atoms with E-state index in [1.54, 1.807) is 16.3 Å². The first-order valence-corrected chi connectivity index (χ1v) is 8.39. The number of nitrogens with two attached hydrogens (primary N) is 1. The highest BCUT2D eigenvalue weighted by Gasteiger charge is 2.31. The first-order valence-electron chi connectivity index (χ1n) is 7.51. The predicted molar refractivity (Wildman–Crippen MR) is 85.6 cm³/mol. The molecule has 1 fully saturated rings. The van der Waals surface area contributed by atoms with Crippen LogP contribution in [-0.2, 0) is 6.18 Å². The number of nitrogens with zero attached hydrogens (tertiary/aromatic N) is 2. The molecule has 0 radical (unpaired) electrons. The summed E-state index contributed by atoms with van der Waals surface area (Å²) in [6.45, 7) is 1.78. The van der Waals surface area contributed by atoms with E-state index >= 15 is 0 Å². The van der Waals surface area contributed by atoms with E-state index in [2.05, 4.69) is 4.98 Å². The number of benzene rings is 1. The third kappa shape index (κ3) is 3.44. The van der Waals surface area contributed by atoms with Gasteiger partial charge in [0.1, 0.15) is 10.7 Å². The van der Waals surface area contributed by atoms with E-state index in [-0.39, 0.29) is 11.6 Å². The van der Waals surface area contributed by atoms with Crippen LogP contribution < -0.4 is 5.73 Å². The summed E-state index contributed by atoms with van der Waals surface area (Å²) in [5, 5.41) is 1.99. The normalized spacial score (nSPS) is 18.2. The maximum absolute atomic E-state index is 12.8. The average Bonchev–Trinajstić information content (AvgIpc) is 3.23. The number of carbonyl (C=O) groups is 1. The number of halogens is 3. The van der Waals surface area contributed by atoms with Gasteiger partial charge < -0.3 is 10.6 Å². The molecule has 8 heteroatoms. The van der Waals surface area contributed by atoms with Crippen molar-refractivity contribution in [1.29, 1.82) is 0 Å². The highest BCUT2D eigenvalue weighted by atomic mass is 32.1. The van der Waals surface area contributed by atoms with Crippen LogP contribution in [0.25, 0.3) is 10.6 Å². The minimum Gasteiger partial charge on any atom is -0.337 e. The van der Waals surface area contributed by atoms with Gasteiger partial charge >= 0.3 is 6.18 Å². The predicted octanol–water partition coefficient (Wildman–Crippen LogP) is 3.25. The molecule has 2 heterocycles. The van der Waals surface area contributed by atoms with E-state index in [1.165, 1.54) is 6.07 Å². The van der Waals surface area contributed by atoms with Gasteiger partial charge in [-0.2, -0.15) is 13.2 Å². The molecule has 2 N–H and O–H groups in total. The standard InChI is InChI=1S/C16H16F3N3OS/c17-16(18,19)12-3-1-2-11(6-12)14-21-13(9-24-14)15(23)22-5-4-10(7-20)8-22/h1-3,6,9-10H,4-5,7-8,20H2. The molecule has 1 aromatic heterocycles. The van der Waals surface area contributed by atoms with E-state index < -0.39 is 11.7 Å². The van der Waals surface area contributed by atoms with Crippen LogP contribution in [0.2, 0.25) is 0 Å². The van der Waals surface area contributed by atoms with E-state index in [0.29, 0.717) is 36.1 Å². The van der Waals surface area contributed by atoms with Crippen molar-refractivity contribution in [3.63, 3.8) is 0 Å². The number of hydrogen-bond acceptors (Lipinski definition) is 4. The topological polar surface area (TPSA) is 59.2 Å². The molecule has 4 nitrogen and oxygen atoms in total. The Morgan fingerprint density at radius 2 is 2.21 bits per heavy atom. The second-order valence-corrected chi connectivity index (χ2v) is 6.62. The minimum atomic E-state index is -4.40. The van der Waals surface area contributed by atoms with Gasteiger partial charge in [0.25, 0.3) is 5.91 Å². The lowest BCUT2D eigenvalue weighted by Gasteiger charge is -2.14. The Hall–Kier alpha value is -1.93. The third-order valence-corrected chi connectivity index (χ3v) is 4.96. The summed E-state index contributed by atoms with van der Waals surface area (Å²) in [6.07, 6.45) is -3.54. The van der Waals surface area contributed by atoms with Gasteiger partial charge in [0.05, 0.1) is 5.56 Å². The molecule has 1 aromatic carbocycles. The van der Waals surface area contributed by atoms with Crippen LogP contribution in [0.1, 0.15) is 22.5 Å².